The maximum Gasteiger partial charge on any atom is 0.0670 e. The van der Waals surface area contributed by atoms with E-state index in [4.69, 9.17) is 11.0 Å². The summed E-state index contributed by atoms with van der Waals surface area (Å²) in [4.78, 5) is 2.35. The van der Waals surface area contributed by atoms with Gasteiger partial charge in [-0.15, -0.1) is 0 Å². The molecule has 1 fully saturated rings. The van der Waals surface area contributed by atoms with Gasteiger partial charge in [0.2, 0.25) is 0 Å². The summed E-state index contributed by atoms with van der Waals surface area (Å²) in [7, 11) is 2.16. The number of piperidine rings is 1. The van der Waals surface area contributed by atoms with Crippen LogP contribution in [0, 0.1) is 11.3 Å². The Morgan fingerprint density at radius 1 is 1.44 bits per heavy atom. The molecule has 1 saturated heterocycles. The van der Waals surface area contributed by atoms with Gasteiger partial charge in [0.15, 0.2) is 0 Å². The van der Waals surface area contributed by atoms with Crippen molar-refractivity contribution in [2.75, 3.05) is 31.2 Å². The van der Waals surface area contributed by atoms with E-state index in [0.717, 1.165) is 37.2 Å². The van der Waals surface area contributed by atoms with Gasteiger partial charge in [-0.25, -0.2) is 0 Å². The summed E-state index contributed by atoms with van der Waals surface area (Å²) < 4.78 is 0. The lowest BCUT2D eigenvalue weighted by Crippen LogP contribution is -2.36. The average Bonchev–Trinajstić information content (AvgIpc) is 2.37. The summed E-state index contributed by atoms with van der Waals surface area (Å²) in [5, 5.41) is 12.3. The number of nitrogens with zero attached hydrogens (tertiary/aromatic N) is 2. The molecule has 1 aromatic rings. The Morgan fingerprint density at radius 2 is 2.17 bits per heavy atom. The lowest BCUT2D eigenvalue weighted by atomic mass is 10.0. The Bertz CT molecular complexity index is 442. The third-order valence-corrected chi connectivity index (χ3v) is 3.50. The van der Waals surface area contributed by atoms with Crippen LogP contribution in [-0.4, -0.2) is 31.1 Å². The van der Waals surface area contributed by atoms with Crippen LogP contribution >= 0.6 is 0 Å². The molecule has 0 bridgehead atoms. The molecule has 1 heterocycles. The van der Waals surface area contributed by atoms with Crippen molar-refractivity contribution in [3.63, 3.8) is 0 Å². The number of rotatable bonds is 3. The first-order valence-electron chi connectivity index (χ1n) is 6.39. The molecular weight excluding hydrogens is 224 g/mol. The van der Waals surface area contributed by atoms with E-state index in [0.29, 0.717) is 18.2 Å². The van der Waals surface area contributed by atoms with Gasteiger partial charge in [0, 0.05) is 17.4 Å². The van der Waals surface area contributed by atoms with Crippen molar-refractivity contribution in [3.05, 3.63) is 23.8 Å². The van der Waals surface area contributed by atoms with Crippen molar-refractivity contribution < 1.29 is 0 Å². The first kappa shape index (κ1) is 12.7. The van der Waals surface area contributed by atoms with Crippen LogP contribution in [0.25, 0.3) is 0 Å². The van der Waals surface area contributed by atoms with E-state index in [9.17, 15) is 0 Å². The van der Waals surface area contributed by atoms with Crippen LogP contribution in [0.5, 0.6) is 0 Å². The summed E-state index contributed by atoms with van der Waals surface area (Å²) in [6, 6.07) is 8.54. The molecule has 4 heteroatoms. The van der Waals surface area contributed by atoms with Crippen molar-refractivity contribution in [1.29, 1.82) is 5.26 Å². The van der Waals surface area contributed by atoms with Crippen LogP contribution in [0.4, 0.5) is 11.4 Å². The molecule has 18 heavy (non-hydrogen) atoms. The SMILES string of the molecule is CN1CCC(Nc2ccc(N)c(CC#N)c2)CC1. The van der Waals surface area contributed by atoms with Crippen molar-refractivity contribution in [2.45, 2.75) is 25.3 Å². The fraction of sp³-hybridized carbons (Fsp3) is 0.500. The minimum Gasteiger partial charge on any atom is -0.398 e. The summed E-state index contributed by atoms with van der Waals surface area (Å²) in [6.45, 7) is 2.27. The van der Waals surface area contributed by atoms with E-state index in [-0.39, 0.29) is 0 Å². The molecule has 0 aromatic heterocycles. The number of hydrogen-bond donors (Lipinski definition) is 2. The molecular formula is C14H20N4. The smallest absolute Gasteiger partial charge is 0.0670 e. The fourth-order valence-corrected chi connectivity index (χ4v) is 2.32. The quantitative estimate of drug-likeness (QED) is 0.796. The Hall–Kier alpha value is -1.73. The highest BCUT2D eigenvalue weighted by Gasteiger charge is 2.16. The maximum atomic E-state index is 8.75. The number of benzene rings is 1. The molecule has 0 saturated carbocycles. The van der Waals surface area contributed by atoms with Crippen LogP contribution in [-0.2, 0) is 6.42 Å². The highest BCUT2D eigenvalue weighted by molar-refractivity contribution is 5.58. The van der Waals surface area contributed by atoms with E-state index in [2.05, 4.69) is 23.3 Å². The first-order valence-corrected chi connectivity index (χ1v) is 6.39. The van der Waals surface area contributed by atoms with Gasteiger partial charge >= 0.3 is 0 Å². The molecule has 1 aromatic carbocycles. The van der Waals surface area contributed by atoms with Gasteiger partial charge in [0.1, 0.15) is 0 Å². The van der Waals surface area contributed by atoms with E-state index >= 15 is 0 Å². The second kappa shape index (κ2) is 5.74. The van der Waals surface area contributed by atoms with Gasteiger partial charge in [-0.2, -0.15) is 5.26 Å². The zero-order valence-corrected chi connectivity index (χ0v) is 10.8. The number of nitrogen functional groups attached to an aromatic ring is 1. The van der Waals surface area contributed by atoms with Gasteiger partial charge in [0.25, 0.3) is 0 Å². The minimum atomic E-state index is 0.370. The molecule has 3 N–H and O–H groups in total. The summed E-state index contributed by atoms with van der Waals surface area (Å²) in [6.07, 6.45) is 2.69. The third-order valence-electron chi connectivity index (χ3n) is 3.50. The number of nitriles is 1. The van der Waals surface area contributed by atoms with Crippen LogP contribution in [0.3, 0.4) is 0 Å². The summed E-state index contributed by atoms with van der Waals surface area (Å²) in [5.41, 5.74) is 8.53. The van der Waals surface area contributed by atoms with Crippen molar-refractivity contribution in [1.82, 2.24) is 4.90 Å². The predicted molar refractivity (Wildman–Crippen MR) is 74.3 cm³/mol. The molecule has 0 unspecified atom stereocenters. The van der Waals surface area contributed by atoms with Crippen molar-refractivity contribution in [2.24, 2.45) is 0 Å². The highest BCUT2D eigenvalue weighted by Crippen LogP contribution is 2.21. The molecule has 1 aliphatic heterocycles. The fourth-order valence-electron chi connectivity index (χ4n) is 2.32. The molecule has 1 aliphatic rings. The second-order valence-corrected chi connectivity index (χ2v) is 4.97. The van der Waals surface area contributed by atoms with Crippen LogP contribution in [0.1, 0.15) is 18.4 Å². The maximum absolute atomic E-state index is 8.75. The van der Waals surface area contributed by atoms with Gasteiger partial charge in [-0.3, -0.25) is 0 Å². The number of likely N-dealkylation sites (tertiary alicyclic amines) is 1. The van der Waals surface area contributed by atoms with E-state index < -0.39 is 0 Å². The minimum absolute atomic E-state index is 0.370. The number of anilines is 2. The second-order valence-electron chi connectivity index (χ2n) is 4.97. The average molecular weight is 244 g/mol. The van der Waals surface area contributed by atoms with Gasteiger partial charge in [-0.1, -0.05) is 0 Å². The Balaban J connectivity index is 2.01. The van der Waals surface area contributed by atoms with Crippen molar-refractivity contribution in [3.8, 4) is 6.07 Å². The zero-order chi connectivity index (χ0) is 13.0. The molecule has 2 rings (SSSR count). The van der Waals surface area contributed by atoms with Gasteiger partial charge < -0.3 is 16.0 Å². The first-order chi connectivity index (χ1) is 8.69. The highest BCUT2D eigenvalue weighted by atomic mass is 15.1. The normalized spacial score (nSPS) is 17.3. The standard InChI is InChI=1S/C14H20N4/c1-18-8-5-12(6-9-18)17-13-2-3-14(16)11(10-13)4-7-15/h2-3,10,12,17H,4-6,8-9,16H2,1H3. The monoisotopic (exact) mass is 244 g/mol. The summed E-state index contributed by atoms with van der Waals surface area (Å²) in [5.74, 6) is 0. The Labute approximate surface area is 108 Å². The molecule has 0 aliphatic carbocycles. The van der Waals surface area contributed by atoms with E-state index in [1.807, 2.05) is 18.2 Å². The number of hydrogen-bond acceptors (Lipinski definition) is 4. The number of nitrogens with one attached hydrogen (secondary N) is 1. The van der Waals surface area contributed by atoms with Gasteiger partial charge in [-0.05, 0) is 56.7 Å². The van der Waals surface area contributed by atoms with Gasteiger partial charge in [0.05, 0.1) is 12.5 Å². The topological polar surface area (TPSA) is 65.1 Å². The van der Waals surface area contributed by atoms with E-state index in [1.165, 1.54) is 0 Å². The van der Waals surface area contributed by atoms with E-state index in [1.54, 1.807) is 0 Å². The van der Waals surface area contributed by atoms with Crippen LogP contribution in [0.15, 0.2) is 18.2 Å². The molecule has 0 radical (unpaired) electrons. The molecule has 0 spiro atoms. The third kappa shape index (κ3) is 3.14. The number of nitrogens with two attached hydrogens (primary N) is 1. The molecule has 0 amide bonds. The molecule has 0 atom stereocenters. The van der Waals surface area contributed by atoms with Crippen LogP contribution < -0.4 is 11.1 Å². The Morgan fingerprint density at radius 3 is 2.83 bits per heavy atom. The molecule has 96 valence electrons. The lowest BCUT2D eigenvalue weighted by molar-refractivity contribution is 0.264. The lowest BCUT2D eigenvalue weighted by Gasteiger charge is -2.30. The van der Waals surface area contributed by atoms with Crippen LogP contribution in [0.2, 0.25) is 0 Å². The Kier molecular flexibility index (Phi) is 4.06. The predicted octanol–water partition coefficient (Wildman–Crippen LogP) is 1.84. The van der Waals surface area contributed by atoms with Crippen molar-refractivity contribution >= 4 is 11.4 Å². The molecule has 4 nitrogen and oxygen atoms in total. The largest absolute Gasteiger partial charge is 0.398 e. The zero-order valence-electron chi connectivity index (χ0n) is 10.8. The summed E-state index contributed by atoms with van der Waals surface area (Å²) >= 11 is 0.